The van der Waals surface area contributed by atoms with Crippen molar-refractivity contribution in [3.05, 3.63) is 47.1 Å². The summed E-state index contributed by atoms with van der Waals surface area (Å²) in [5.74, 6) is -0.938. The van der Waals surface area contributed by atoms with Gasteiger partial charge in [0, 0.05) is 12.4 Å². The molecule has 0 aliphatic carbocycles. The molecule has 2 aliphatic rings. The highest BCUT2D eigenvalue weighted by Gasteiger charge is 2.41. The number of hydrogen-bond acceptors (Lipinski definition) is 7. The lowest BCUT2D eigenvalue weighted by Crippen LogP contribution is -2.34. The Kier molecular flexibility index (Phi) is 4.89. The lowest BCUT2D eigenvalue weighted by molar-refractivity contribution is -0.138. The van der Waals surface area contributed by atoms with Crippen LogP contribution in [0.3, 0.4) is 0 Å². The maximum Gasteiger partial charge on any atom is 0.417 e. The van der Waals surface area contributed by atoms with Crippen LogP contribution in [0.2, 0.25) is 0 Å². The zero-order chi connectivity index (χ0) is 21.8. The van der Waals surface area contributed by atoms with Crippen LogP contribution in [-0.2, 0) is 16.0 Å². The average molecular weight is 442 g/mol. The first-order valence-corrected chi connectivity index (χ1v) is 9.52. The van der Waals surface area contributed by atoms with Gasteiger partial charge in [-0.15, -0.1) is 0 Å². The number of hydroxylamine groups is 2. The molecule has 0 amide bonds. The van der Waals surface area contributed by atoms with E-state index in [1.165, 1.54) is 6.92 Å². The van der Waals surface area contributed by atoms with Crippen molar-refractivity contribution in [1.29, 1.82) is 0 Å². The number of halogens is 6. The molecule has 0 saturated heterocycles. The Hall–Kier alpha value is -2.61. The number of amidine groups is 1. The van der Waals surface area contributed by atoms with Gasteiger partial charge in [-0.05, 0) is 12.1 Å². The number of alkyl halides is 6. The van der Waals surface area contributed by atoms with Crippen LogP contribution in [-0.4, -0.2) is 47.6 Å². The fourth-order valence-electron chi connectivity index (χ4n) is 2.60. The zero-order valence-corrected chi connectivity index (χ0v) is 15.2. The van der Waals surface area contributed by atoms with Crippen LogP contribution in [0, 0.1) is 0 Å². The quantitative estimate of drug-likeness (QED) is 0.699. The second kappa shape index (κ2) is 6.73. The van der Waals surface area contributed by atoms with Crippen LogP contribution in [0.4, 0.5) is 26.3 Å². The molecule has 3 heterocycles. The van der Waals surface area contributed by atoms with Crippen LogP contribution >= 0.6 is 0 Å². The fourth-order valence-corrected chi connectivity index (χ4v) is 3.66. The Morgan fingerprint density at radius 3 is 2.41 bits per heavy atom. The van der Waals surface area contributed by atoms with E-state index in [0.717, 1.165) is 0 Å². The Labute approximate surface area is 159 Å². The maximum absolute atomic E-state index is 13.0. The van der Waals surface area contributed by atoms with E-state index in [1.807, 2.05) is 0 Å². The average Bonchev–Trinajstić information content (AvgIpc) is 3.04. The molecule has 0 saturated carbocycles. The number of sulfone groups is 1. The first-order chi connectivity index (χ1) is 13.2. The summed E-state index contributed by atoms with van der Waals surface area (Å²) >= 11 is 0. The van der Waals surface area contributed by atoms with E-state index in [1.54, 1.807) is 0 Å². The van der Waals surface area contributed by atoms with Crippen molar-refractivity contribution in [3.8, 4) is 0 Å². The van der Waals surface area contributed by atoms with E-state index in [9.17, 15) is 40.0 Å². The summed E-state index contributed by atoms with van der Waals surface area (Å²) in [4.78, 5) is 6.62. The second-order valence-corrected chi connectivity index (χ2v) is 8.26. The van der Waals surface area contributed by atoms with E-state index in [0.29, 0.717) is 24.5 Å². The SMILES string of the molecule is CCS(=O)(=O)c1cc(C(F)(F)F)cnc1C1=NC2C(=CC(C(F)(F)F)=CN2O)N1. The molecule has 158 valence electrons. The molecule has 29 heavy (non-hydrogen) atoms. The standard InChI is InChI=1S/C15H12F6N4O3S/c1-2-29(27,28)10-4-7(14(16,17)18)5-22-11(10)12-23-9-3-8(15(19,20)21)6-25(26)13(9)24-12/h3-6,13,26H,2H2,1H3,(H,23,24). The Bertz CT molecular complexity index is 1040. The number of rotatable bonds is 3. The third-order valence-electron chi connectivity index (χ3n) is 4.07. The molecule has 1 aromatic rings. The third kappa shape index (κ3) is 3.94. The summed E-state index contributed by atoms with van der Waals surface area (Å²) in [6.07, 6.45) is -9.60. The smallest absolute Gasteiger partial charge is 0.339 e. The number of aromatic nitrogens is 1. The maximum atomic E-state index is 13.0. The lowest BCUT2D eigenvalue weighted by Gasteiger charge is -2.25. The van der Waals surface area contributed by atoms with Gasteiger partial charge in [0.05, 0.1) is 27.5 Å². The van der Waals surface area contributed by atoms with Crippen LogP contribution in [0.25, 0.3) is 0 Å². The summed E-state index contributed by atoms with van der Waals surface area (Å²) in [5.41, 5.74) is -3.28. The van der Waals surface area contributed by atoms with Crippen molar-refractivity contribution in [1.82, 2.24) is 15.4 Å². The van der Waals surface area contributed by atoms with Gasteiger partial charge in [0.1, 0.15) is 5.69 Å². The van der Waals surface area contributed by atoms with Gasteiger partial charge in [0.15, 0.2) is 21.8 Å². The minimum atomic E-state index is -4.86. The summed E-state index contributed by atoms with van der Waals surface area (Å²) in [5, 5.41) is 12.3. The fraction of sp³-hybridized carbons (Fsp3) is 0.333. The van der Waals surface area contributed by atoms with Crippen molar-refractivity contribution < 1.29 is 40.0 Å². The van der Waals surface area contributed by atoms with Gasteiger partial charge in [-0.1, -0.05) is 6.92 Å². The third-order valence-corrected chi connectivity index (χ3v) is 5.81. The largest absolute Gasteiger partial charge is 0.417 e. The predicted octanol–water partition coefficient (Wildman–Crippen LogP) is 2.60. The molecule has 0 radical (unpaired) electrons. The number of fused-ring (bicyclic) bond motifs is 1. The van der Waals surface area contributed by atoms with Gasteiger partial charge in [-0.2, -0.15) is 26.3 Å². The molecule has 1 atom stereocenters. The van der Waals surface area contributed by atoms with Crippen LogP contribution < -0.4 is 5.32 Å². The predicted molar refractivity (Wildman–Crippen MR) is 86.3 cm³/mol. The first-order valence-electron chi connectivity index (χ1n) is 7.87. The number of nitrogens with zero attached hydrogens (tertiary/aromatic N) is 3. The van der Waals surface area contributed by atoms with Crippen molar-refractivity contribution >= 4 is 15.7 Å². The molecule has 7 nitrogen and oxygen atoms in total. The minimum Gasteiger partial charge on any atom is -0.339 e. The van der Waals surface area contributed by atoms with E-state index in [2.05, 4.69) is 15.3 Å². The highest BCUT2D eigenvalue weighted by molar-refractivity contribution is 7.91. The zero-order valence-electron chi connectivity index (χ0n) is 14.4. The molecule has 3 rings (SSSR count). The summed E-state index contributed by atoms with van der Waals surface area (Å²) < 4.78 is 102. The molecule has 0 fully saturated rings. The van der Waals surface area contributed by atoms with Gasteiger partial charge in [-0.25, -0.2) is 18.5 Å². The molecular formula is C15H12F6N4O3S. The van der Waals surface area contributed by atoms with Gasteiger partial charge in [-0.3, -0.25) is 10.2 Å². The van der Waals surface area contributed by atoms with Crippen molar-refractivity contribution in [3.63, 3.8) is 0 Å². The normalized spacial score (nSPS) is 19.9. The highest BCUT2D eigenvalue weighted by Crippen LogP contribution is 2.35. The van der Waals surface area contributed by atoms with Crippen molar-refractivity contribution in [2.45, 2.75) is 30.3 Å². The number of allylic oxidation sites excluding steroid dienone is 2. The number of pyridine rings is 1. The highest BCUT2D eigenvalue weighted by atomic mass is 32.2. The molecular weight excluding hydrogens is 430 g/mol. The second-order valence-electron chi connectivity index (χ2n) is 6.01. The summed E-state index contributed by atoms with van der Waals surface area (Å²) in [6, 6.07) is 0.387. The van der Waals surface area contributed by atoms with Gasteiger partial charge < -0.3 is 5.32 Å². The van der Waals surface area contributed by atoms with Gasteiger partial charge >= 0.3 is 12.4 Å². The van der Waals surface area contributed by atoms with Crippen LogP contribution in [0.15, 0.2) is 45.7 Å². The van der Waals surface area contributed by atoms with Gasteiger partial charge in [0.2, 0.25) is 0 Å². The molecule has 1 aromatic heterocycles. The van der Waals surface area contributed by atoms with Crippen LogP contribution in [0.1, 0.15) is 18.2 Å². The lowest BCUT2D eigenvalue weighted by atomic mass is 10.1. The first kappa shape index (κ1) is 21.1. The number of aliphatic imine (C=N–C) groups is 1. The number of nitrogens with one attached hydrogen (secondary N) is 1. The monoisotopic (exact) mass is 442 g/mol. The molecule has 0 bridgehead atoms. The molecule has 2 aliphatic heterocycles. The van der Waals surface area contributed by atoms with E-state index in [-0.39, 0.29) is 10.8 Å². The molecule has 0 spiro atoms. The topological polar surface area (TPSA) is 94.9 Å². The van der Waals surface area contributed by atoms with E-state index < -0.39 is 61.7 Å². The molecule has 2 N–H and O–H groups in total. The van der Waals surface area contributed by atoms with E-state index >= 15 is 0 Å². The minimum absolute atomic E-state index is 0.149. The van der Waals surface area contributed by atoms with Crippen molar-refractivity contribution in [2.75, 3.05) is 5.75 Å². The molecule has 0 aromatic carbocycles. The molecule has 1 unspecified atom stereocenters. The van der Waals surface area contributed by atoms with Gasteiger partial charge in [0.25, 0.3) is 0 Å². The summed E-state index contributed by atoms with van der Waals surface area (Å²) in [6.45, 7) is 1.21. The van der Waals surface area contributed by atoms with Crippen molar-refractivity contribution in [2.24, 2.45) is 4.99 Å². The summed E-state index contributed by atoms with van der Waals surface area (Å²) in [7, 11) is -4.20. The van der Waals surface area contributed by atoms with E-state index in [4.69, 9.17) is 0 Å². The Morgan fingerprint density at radius 1 is 1.21 bits per heavy atom. The Balaban J connectivity index is 2.08. The van der Waals surface area contributed by atoms with Crippen LogP contribution in [0.5, 0.6) is 0 Å². The number of hydrogen-bond donors (Lipinski definition) is 2. The molecule has 14 heteroatoms. The Morgan fingerprint density at radius 2 is 1.86 bits per heavy atom.